The van der Waals surface area contributed by atoms with Gasteiger partial charge in [-0.25, -0.2) is 4.98 Å². The van der Waals surface area contributed by atoms with Crippen LogP contribution < -0.4 is 10.2 Å². The van der Waals surface area contributed by atoms with E-state index in [1.54, 1.807) is 13.1 Å². The first-order valence-corrected chi connectivity index (χ1v) is 9.94. The molecule has 7 heteroatoms. The van der Waals surface area contributed by atoms with Gasteiger partial charge in [0, 0.05) is 38.7 Å². The van der Waals surface area contributed by atoms with Gasteiger partial charge in [-0.3, -0.25) is 4.79 Å². The number of nitrogens with one attached hydrogen (secondary N) is 1. The number of carbonyl (C=O) groups is 1. The molecule has 2 aromatic heterocycles. The molecule has 1 aliphatic rings. The Morgan fingerprint density at radius 3 is 2.69 bits per heavy atom. The molecule has 0 atom stereocenters. The Hall–Kier alpha value is -3.22. The van der Waals surface area contributed by atoms with Gasteiger partial charge in [-0.2, -0.15) is 4.98 Å². The fourth-order valence-corrected chi connectivity index (χ4v) is 3.72. The van der Waals surface area contributed by atoms with E-state index in [-0.39, 0.29) is 11.8 Å². The molecule has 1 saturated heterocycles. The molecule has 3 aromatic rings. The first-order chi connectivity index (χ1) is 14.1. The van der Waals surface area contributed by atoms with Crippen LogP contribution in [0.2, 0.25) is 0 Å². The first kappa shape index (κ1) is 19.1. The molecule has 1 N–H and O–H groups in total. The fourth-order valence-electron chi connectivity index (χ4n) is 3.72. The Bertz CT molecular complexity index is 992. The Labute approximate surface area is 170 Å². The lowest BCUT2D eigenvalue weighted by Gasteiger charge is -2.33. The molecule has 0 unspecified atom stereocenters. The molecule has 150 valence electrons. The zero-order valence-corrected chi connectivity index (χ0v) is 16.8. The quantitative estimate of drug-likeness (QED) is 0.719. The largest absolute Gasteiger partial charge is 0.356 e. The smallest absolute Gasteiger partial charge is 0.223 e. The van der Waals surface area contributed by atoms with Crippen LogP contribution in [0.1, 0.15) is 29.9 Å². The third kappa shape index (κ3) is 4.29. The second kappa shape index (κ2) is 8.43. The van der Waals surface area contributed by atoms with Crippen molar-refractivity contribution in [2.24, 2.45) is 5.92 Å². The van der Waals surface area contributed by atoms with E-state index in [4.69, 9.17) is 4.52 Å². The minimum absolute atomic E-state index is 0.0230. The van der Waals surface area contributed by atoms with Gasteiger partial charge in [-0.15, -0.1) is 0 Å². The molecule has 1 aliphatic heterocycles. The highest BCUT2D eigenvalue weighted by atomic mass is 16.5. The lowest BCUT2D eigenvalue weighted by molar-refractivity contribution is -0.125. The average molecular weight is 391 g/mol. The summed E-state index contributed by atoms with van der Waals surface area (Å²) in [5.41, 5.74) is 3.21. The Kier molecular flexibility index (Phi) is 5.55. The van der Waals surface area contributed by atoms with Gasteiger partial charge in [0.2, 0.25) is 17.6 Å². The summed E-state index contributed by atoms with van der Waals surface area (Å²) in [5, 5.41) is 7.13. The number of hydrogen-bond donors (Lipinski definition) is 1. The highest BCUT2D eigenvalue weighted by Crippen LogP contribution is 2.30. The number of benzene rings is 1. The minimum Gasteiger partial charge on any atom is -0.356 e. The molecular weight excluding hydrogens is 366 g/mol. The first-order valence-electron chi connectivity index (χ1n) is 9.94. The van der Waals surface area contributed by atoms with Gasteiger partial charge in [0.15, 0.2) is 0 Å². The maximum Gasteiger partial charge on any atom is 0.223 e. The molecule has 4 rings (SSSR count). The summed E-state index contributed by atoms with van der Waals surface area (Å²) < 4.78 is 5.12. The number of rotatable bonds is 5. The minimum atomic E-state index is 0.0230. The molecule has 0 spiro atoms. The van der Waals surface area contributed by atoms with Crippen molar-refractivity contribution in [1.82, 2.24) is 20.4 Å². The summed E-state index contributed by atoms with van der Waals surface area (Å²) in [6, 6.07) is 12.0. The van der Waals surface area contributed by atoms with E-state index in [1.807, 2.05) is 24.3 Å². The second-order valence-corrected chi connectivity index (χ2v) is 7.42. The number of pyridine rings is 1. The molecule has 0 bridgehead atoms. The maximum atomic E-state index is 12.6. The van der Waals surface area contributed by atoms with Gasteiger partial charge in [0.05, 0.1) is 5.56 Å². The number of piperidine rings is 1. The monoisotopic (exact) mass is 391 g/mol. The SMILES string of the molecule is Cc1nc(-c2cccnc2N2CCC(C(=O)NCc3ccccc3C)CC2)no1. The van der Waals surface area contributed by atoms with Gasteiger partial charge >= 0.3 is 0 Å². The molecule has 1 aromatic carbocycles. The van der Waals surface area contributed by atoms with Crippen LogP contribution in [0.15, 0.2) is 47.1 Å². The third-order valence-electron chi connectivity index (χ3n) is 5.43. The van der Waals surface area contributed by atoms with E-state index in [1.165, 1.54) is 5.56 Å². The molecule has 0 saturated carbocycles. The van der Waals surface area contributed by atoms with Gasteiger partial charge < -0.3 is 14.7 Å². The topological polar surface area (TPSA) is 84.2 Å². The van der Waals surface area contributed by atoms with Crippen LogP contribution in [0.4, 0.5) is 5.82 Å². The van der Waals surface area contributed by atoms with Gasteiger partial charge in [0.25, 0.3) is 0 Å². The van der Waals surface area contributed by atoms with Crippen molar-refractivity contribution < 1.29 is 9.32 Å². The van der Waals surface area contributed by atoms with Crippen molar-refractivity contribution in [2.45, 2.75) is 33.2 Å². The summed E-state index contributed by atoms with van der Waals surface area (Å²) in [4.78, 5) is 23.7. The van der Waals surface area contributed by atoms with Crippen LogP contribution in [-0.4, -0.2) is 34.1 Å². The second-order valence-electron chi connectivity index (χ2n) is 7.42. The van der Waals surface area contributed by atoms with Crippen LogP contribution in [0.25, 0.3) is 11.4 Å². The molecular formula is C22H25N5O2. The van der Waals surface area contributed by atoms with E-state index >= 15 is 0 Å². The number of aryl methyl sites for hydroxylation is 2. The summed E-state index contributed by atoms with van der Waals surface area (Å²) >= 11 is 0. The lowest BCUT2D eigenvalue weighted by atomic mass is 9.95. The Balaban J connectivity index is 1.37. The van der Waals surface area contributed by atoms with Crippen molar-refractivity contribution in [2.75, 3.05) is 18.0 Å². The third-order valence-corrected chi connectivity index (χ3v) is 5.43. The number of hydrogen-bond acceptors (Lipinski definition) is 6. The molecule has 3 heterocycles. The normalized spacial score (nSPS) is 14.8. The Morgan fingerprint density at radius 2 is 1.97 bits per heavy atom. The number of amides is 1. The lowest BCUT2D eigenvalue weighted by Crippen LogP contribution is -2.41. The predicted octanol–water partition coefficient (Wildman–Crippen LogP) is 3.28. The van der Waals surface area contributed by atoms with Crippen LogP contribution in [0.3, 0.4) is 0 Å². The van der Waals surface area contributed by atoms with Crippen molar-refractivity contribution >= 4 is 11.7 Å². The molecule has 1 fully saturated rings. The van der Waals surface area contributed by atoms with E-state index in [0.29, 0.717) is 18.3 Å². The van der Waals surface area contributed by atoms with Crippen LogP contribution in [-0.2, 0) is 11.3 Å². The zero-order valence-electron chi connectivity index (χ0n) is 16.8. The molecule has 7 nitrogen and oxygen atoms in total. The summed E-state index contributed by atoms with van der Waals surface area (Å²) in [7, 11) is 0. The molecule has 0 aliphatic carbocycles. The van der Waals surface area contributed by atoms with Crippen molar-refractivity contribution in [3.8, 4) is 11.4 Å². The van der Waals surface area contributed by atoms with Crippen molar-refractivity contribution in [3.63, 3.8) is 0 Å². The van der Waals surface area contributed by atoms with Crippen molar-refractivity contribution in [3.05, 3.63) is 59.6 Å². The fraction of sp³-hybridized carbons (Fsp3) is 0.364. The summed E-state index contributed by atoms with van der Waals surface area (Å²) in [6.45, 7) is 5.95. The molecule has 1 amide bonds. The predicted molar refractivity (Wildman–Crippen MR) is 110 cm³/mol. The molecule has 29 heavy (non-hydrogen) atoms. The van der Waals surface area contributed by atoms with E-state index in [0.717, 1.165) is 42.9 Å². The van der Waals surface area contributed by atoms with E-state index in [9.17, 15) is 4.79 Å². The number of carbonyl (C=O) groups excluding carboxylic acids is 1. The van der Waals surface area contributed by atoms with Gasteiger partial charge in [0.1, 0.15) is 5.82 Å². The van der Waals surface area contributed by atoms with Crippen molar-refractivity contribution in [1.29, 1.82) is 0 Å². The number of aromatic nitrogens is 3. The number of nitrogens with zero attached hydrogens (tertiary/aromatic N) is 4. The van der Waals surface area contributed by atoms with Crippen LogP contribution in [0, 0.1) is 19.8 Å². The highest BCUT2D eigenvalue weighted by Gasteiger charge is 2.27. The average Bonchev–Trinajstić information content (AvgIpc) is 3.19. The van der Waals surface area contributed by atoms with Gasteiger partial charge in [-0.05, 0) is 43.0 Å². The van der Waals surface area contributed by atoms with Crippen LogP contribution in [0.5, 0.6) is 0 Å². The summed E-state index contributed by atoms with van der Waals surface area (Å²) in [6.07, 6.45) is 3.36. The summed E-state index contributed by atoms with van der Waals surface area (Å²) in [5.74, 6) is 2.06. The van der Waals surface area contributed by atoms with E-state index in [2.05, 4.69) is 44.4 Å². The molecule has 0 radical (unpaired) electrons. The van der Waals surface area contributed by atoms with E-state index < -0.39 is 0 Å². The maximum absolute atomic E-state index is 12.6. The van der Waals surface area contributed by atoms with Gasteiger partial charge in [-0.1, -0.05) is 29.4 Å². The standard InChI is InChI=1S/C22H25N5O2/c1-15-6-3-4-7-18(15)14-24-22(28)17-9-12-27(13-10-17)21-19(8-5-11-23-21)20-25-16(2)29-26-20/h3-8,11,17H,9-10,12-14H2,1-2H3,(H,24,28). The van der Waals surface area contributed by atoms with Crippen LogP contribution >= 0.6 is 0 Å². The Morgan fingerprint density at radius 1 is 1.17 bits per heavy atom. The zero-order chi connectivity index (χ0) is 20.2. The number of anilines is 1. The highest BCUT2D eigenvalue weighted by molar-refractivity contribution is 5.79.